The topological polar surface area (TPSA) is 14.2 Å². The van der Waals surface area contributed by atoms with Gasteiger partial charge in [-0.2, -0.15) is 0 Å². The number of fused-ring (bicyclic) bond motifs is 1. The van der Waals surface area contributed by atoms with Crippen LogP contribution in [-0.2, 0) is 6.54 Å². The van der Waals surface area contributed by atoms with Crippen LogP contribution in [0.3, 0.4) is 0 Å². The van der Waals surface area contributed by atoms with E-state index in [0.717, 1.165) is 22.2 Å². The normalized spacial score (nSPS) is 12.3. The van der Waals surface area contributed by atoms with Gasteiger partial charge in [0.1, 0.15) is 5.75 Å². The highest BCUT2D eigenvalue weighted by Gasteiger charge is 2.01. The van der Waals surface area contributed by atoms with Crippen molar-refractivity contribution in [2.24, 2.45) is 0 Å². The number of rotatable bonds is 3. The van der Waals surface area contributed by atoms with E-state index in [1.54, 1.807) is 7.11 Å². The van der Waals surface area contributed by atoms with Crippen LogP contribution in [0, 0.1) is 0 Å². The Morgan fingerprint density at radius 1 is 1.11 bits per heavy atom. The third-order valence-corrected chi connectivity index (χ3v) is 3.02. The molecule has 18 heavy (non-hydrogen) atoms. The molecule has 2 aromatic carbocycles. The van der Waals surface area contributed by atoms with Crippen LogP contribution in [0.4, 0.5) is 0 Å². The van der Waals surface area contributed by atoms with Crippen LogP contribution in [-0.4, -0.2) is 11.7 Å². The summed E-state index contributed by atoms with van der Waals surface area (Å²) >= 11 is 0. The van der Waals surface area contributed by atoms with Crippen LogP contribution in [0.1, 0.15) is 8.30 Å². The first-order valence-electron chi connectivity index (χ1n) is 6.88. The molecule has 0 aliphatic heterocycles. The minimum Gasteiger partial charge on any atom is -0.497 e. The van der Waals surface area contributed by atoms with E-state index in [2.05, 4.69) is 0 Å². The Morgan fingerprint density at radius 3 is 2.67 bits per heavy atom. The first-order chi connectivity index (χ1) is 9.70. The van der Waals surface area contributed by atoms with Crippen LogP contribution in [0.5, 0.6) is 5.75 Å². The zero-order chi connectivity index (χ0) is 14.1. The maximum atomic E-state index is 8.10. The number of ether oxygens (including phenoxy) is 1. The monoisotopic (exact) mass is 239 g/mol. The summed E-state index contributed by atoms with van der Waals surface area (Å²) in [5.74, 6) is 0.818. The van der Waals surface area contributed by atoms with Crippen LogP contribution < -0.4 is 4.74 Å². The van der Waals surface area contributed by atoms with Gasteiger partial charge in [-0.05, 0) is 35.2 Å². The quantitative estimate of drug-likeness (QED) is 0.679. The molecular formula is C16H15NO. The van der Waals surface area contributed by atoms with Crippen molar-refractivity contribution in [1.29, 1.82) is 0 Å². The number of hydrogen-bond donors (Lipinski definition) is 0. The predicted octanol–water partition coefficient (Wildman–Crippen LogP) is 3.70. The van der Waals surface area contributed by atoms with E-state index < -0.39 is 0 Å². The van der Waals surface area contributed by atoms with Crippen molar-refractivity contribution in [2.75, 3.05) is 7.11 Å². The number of methoxy groups -OCH3 is 1. The molecular weight excluding hydrogens is 222 g/mol. The van der Waals surface area contributed by atoms with Gasteiger partial charge >= 0.3 is 0 Å². The maximum Gasteiger partial charge on any atom is 0.118 e. The lowest BCUT2D eigenvalue weighted by Crippen LogP contribution is -1.97. The average molecular weight is 239 g/mol. The molecule has 2 nitrogen and oxygen atoms in total. The van der Waals surface area contributed by atoms with Crippen LogP contribution in [0.2, 0.25) is 0 Å². The minimum atomic E-state index is 0.252. The second-order valence-corrected chi connectivity index (χ2v) is 4.19. The Labute approximate surface area is 109 Å². The van der Waals surface area contributed by atoms with Crippen molar-refractivity contribution in [3.05, 3.63) is 66.3 Å². The summed E-state index contributed by atoms with van der Waals surface area (Å²) in [6.45, 7) is 0.586. The predicted molar refractivity (Wildman–Crippen MR) is 74.0 cm³/mol. The fraction of sp³-hybridized carbons (Fsp3) is 0.125. The smallest absolute Gasteiger partial charge is 0.118 e. The molecule has 3 rings (SSSR count). The molecule has 1 heterocycles. The summed E-state index contributed by atoms with van der Waals surface area (Å²) in [5.41, 5.74) is 2.01. The Bertz CT molecular complexity index is 747. The van der Waals surface area contributed by atoms with Gasteiger partial charge in [-0.15, -0.1) is 0 Å². The molecule has 0 spiro atoms. The van der Waals surface area contributed by atoms with E-state index in [4.69, 9.17) is 7.48 Å². The largest absolute Gasteiger partial charge is 0.497 e. The molecule has 0 bridgehead atoms. The van der Waals surface area contributed by atoms with Gasteiger partial charge in [-0.3, -0.25) is 0 Å². The van der Waals surface area contributed by atoms with Crippen molar-refractivity contribution < 1.29 is 7.48 Å². The first-order valence-corrected chi connectivity index (χ1v) is 5.88. The molecule has 0 radical (unpaired) electrons. The number of hydrogen-bond acceptors (Lipinski definition) is 1. The molecule has 0 atom stereocenters. The van der Waals surface area contributed by atoms with E-state index in [-0.39, 0.29) is 12.2 Å². The second-order valence-electron chi connectivity index (χ2n) is 4.19. The third-order valence-electron chi connectivity index (χ3n) is 3.02. The highest BCUT2D eigenvalue weighted by molar-refractivity contribution is 5.80. The fourth-order valence-corrected chi connectivity index (χ4v) is 2.04. The lowest BCUT2D eigenvalue weighted by molar-refractivity contribution is 0.414. The average Bonchev–Trinajstić information content (AvgIpc) is 2.74. The number of aromatic nitrogens is 1. The zero-order valence-corrected chi connectivity index (χ0v) is 10.2. The molecule has 0 N–H and O–H groups in total. The Morgan fingerprint density at radius 2 is 1.89 bits per heavy atom. The summed E-state index contributed by atoms with van der Waals surface area (Å²) < 4.78 is 23.1. The molecule has 0 saturated heterocycles. The molecule has 0 fully saturated rings. The standard InChI is InChI=1S/C16H15NO/c1-18-15-8-6-13(7-9-15)12-17-11-10-14-4-2-3-5-16(14)17/h2-11H,12H2,1H3/i10D,11D. The molecule has 2 heteroatoms. The molecule has 0 saturated carbocycles. The van der Waals surface area contributed by atoms with E-state index in [0.29, 0.717) is 6.54 Å². The van der Waals surface area contributed by atoms with E-state index in [1.807, 2.05) is 53.1 Å². The first kappa shape index (κ1) is 8.81. The van der Waals surface area contributed by atoms with Gasteiger partial charge < -0.3 is 9.30 Å². The fourth-order valence-electron chi connectivity index (χ4n) is 2.04. The molecule has 3 aromatic rings. The van der Waals surface area contributed by atoms with E-state index in [9.17, 15) is 0 Å². The van der Waals surface area contributed by atoms with Gasteiger partial charge in [0.2, 0.25) is 0 Å². The number of benzene rings is 2. The molecule has 90 valence electrons. The molecule has 0 aliphatic rings. The van der Waals surface area contributed by atoms with E-state index in [1.165, 1.54) is 0 Å². The summed E-state index contributed by atoms with van der Waals surface area (Å²) in [5, 5.41) is 0.825. The van der Waals surface area contributed by atoms with Gasteiger partial charge in [-0.1, -0.05) is 30.3 Å². The maximum absolute atomic E-state index is 8.10. The SMILES string of the molecule is [2H]c1c([2H])n(Cc2ccc(OC)cc2)c2ccccc12. The van der Waals surface area contributed by atoms with Crippen molar-refractivity contribution in [3.8, 4) is 5.75 Å². The van der Waals surface area contributed by atoms with Gasteiger partial charge in [0.05, 0.1) is 9.85 Å². The van der Waals surface area contributed by atoms with Gasteiger partial charge in [0, 0.05) is 18.2 Å². The van der Waals surface area contributed by atoms with Crippen LogP contribution in [0.15, 0.2) is 60.7 Å². The molecule has 1 aromatic heterocycles. The number of nitrogens with zero attached hydrogens (tertiary/aromatic N) is 1. The Balaban J connectivity index is 2.03. The summed E-state index contributed by atoms with van der Waals surface area (Å²) in [6.07, 6.45) is 0.252. The lowest BCUT2D eigenvalue weighted by Gasteiger charge is -2.06. The van der Waals surface area contributed by atoms with Gasteiger partial charge in [0.25, 0.3) is 0 Å². The van der Waals surface area contributed by atoms with Crippen molar-refractivity contribution in [2.45, 2.75) is 6.54 Å². The van der Waals surface area contributed by atoms with Gasteiger partial charge in [-0.25, -0.2) is 0 Å². The van der Waals surface area contributed by atoms with Crippen molar-refractivity contribution in [1.82, 2.24) is 4.57 Å². The molecule has 0 unspecified atom stereocenters. The van der Waals surface area contributed by atoms with Gasteiger partial charge in [0.15, 0.2) is 0 Å². The Hall–Kier alpha value is -2.22. The summed E-state index contributed by atoms with van der Waals surface area (Å²) in [4.78, 5) is 0. The highest BCUT2D eigenvalue weighted by atomic mass is 16.5. The molecule has 0 aliphatic carbocycles. The zero-order valence-electron chi connectivity index (χ0n) is 12.2. The van der Waals surface area contributed by atoms with E-state index >= 15 is 0 Å². The summed E-state index contributed by atoms with van der Waals surface area (Å²) in [7, 11) is 1.64. The van der Waals surface area contributed by atoms with Crippen molar-refractivity contribution in [3.63, 3.8) is 0 Å². The highest BCUT2D eigenvalue weighted by Crippen LogP contribution is 2.18. The summed E-state index contributed by atoms with van der Waals surface area (Å²) in [6, 6.07) is 15.7. The van der Waals surface area contributed by atoms with Crippen LogP contribution >= 0.6 is 0 Å². The third kappa shape index (κ3) is 1.97. The van der Waals surface area contributed by atoms with Crippen LogP contribution in [0.25, 0.3) is 10.9 Å². The van der Waals surface area contributed by atoms with Crippen molar-refractivity contribution >= 4 is 10.9 Å². The number of para-hydroxylation sites is 1. The lowest BCUT2D eigenvalue weighted by atomic mass is 10.2. The second kappa shape index (κ2) is 4.57. The minimum absolute atomic E-state index is 0.252. The Kier molecular flexibility index (Phi) is 2.24. The molecule has 0 amide bonds.